The van der Waals surface area contributed by atoms with Gasteiger partial charge in [0.05, 0.1) is 22.5 Å². The number of benzene rings is 8. The standard InChI is InChI=1S/C50H32N2/c1-7-19-40-33(13-1)34-14-2-8-20-41(34)50(40)42-21-9-3-18-39(42)47-43(50)30-29-38-35-15-4-10-22-44(35)51-49(48(38)47)31-25-27-32(28-26-31)52-45-23-11-5-16-36(45)37-17-6-12-24-46(37)52/h1-30,49,51H. The minimum absolute atomic E-state index is 0.0397. The Kier molecular flexibility index (Phi) is 5.52. The number of hydrogen-bond acceptors (Lipinski definition) is 1. The molecule has 0 saturated carbocycles. The van der Waals surface area contributed by atoms with Crippen LogP contribution < -0.4 is 5.32 Å². The summed E-state index contributed by atoms with van der Waals surface area (Å²) in [7, 11) is 0. The van der Waals surface area contributed by atoms with Gasteiger partial charge in [0.1, 0.15) is 0 Å². The lowest BCUT2D eigenvalue weighted by Gasteiger charge is -2.34. The van der Waals surface area contributed by atoms with Crippen LogP contribution in [0.5, 0.6) is 0 Å². The largest absolute Gasteiger partial charge is 0.374 e. The molecule has 1 aromatic heterocycles. The number of nitrogens with zero attached hydrogens (tertiary/aromatic N) is 1. The summed E-state index contributed by atoms with van der Waals surface area (Å²) in [6, 6.07) is 67.7. The molecule has 3 aliphatic rings. The molecular weight excluding hydrogens is 629 g/mol. The van der Waals surface area contributed by atoms with Gasteiger partial charge in [-0.2, -0.15) is 0 Å². The number of nitrogens with one attached hydrogen (secondary N) is 1. The van der Waals surface area contributed by atoms with Crippen LogP contribution in [-0.2, 0) is 5.41 Å². The Bertz CT molecular complexity index is 2850. The summed E-state index contributed by atoms with van der Waals surface area (Å²) in [5.74, 6) is 0. The Labute approximate surface area is 302 Å². The predicted molar refractivity (Wildman–Crippen MR) is 214 cm³/mol. The second-order valence-corrected chi connectivity index (χ2v) is 14.4. The van der Waals surface area contributed by atoms with Crippen LogP contribution >= 0.6 is 0 Å². The highest BCUT2D eigenvalue weighted by Crippen LogP contribution is 2.65. The lowest BCUT2D eigenvalue weighted by atomic mass is 9.70. The van der Waals surface area contributed by atoms with Crippen molar-refractivity contribution < 1.29 is 0 Å². The topological polar surface area (TPSA) is 17.0 Å². The van der Waals surface area contributed by atoms with Crippen LogP contribution in [-0.4, -0.2) is 4.57 Å². The average molecular weight is 661 g/mol. The summed E-state index contributed by atoms with van der Waals surface area (Å²) in [5.41, 5.74) is 20.4. The molecule has 1 unspecified atom stereocenters. The van der Waals surface area contributed by atoms with Gasteiger partial charge in [-0.05, 0) is 91.5 Å². The van der Waals surface area contributed by atoms with Crippen molar-refractivity contribution >= 4 is 27.5 Å². The molecule has 0 fully saturated rings. The van der Waals surface area contributed by atoms with E-state index in [2.05, 4.69) is 192 Å². The Balaban J connectivity index is 1.11. The second-order valence-electron chi connectivity index (χ2n) is 14.4. The normalized spacial score (nSPS) is 15.4. The van der Waals surface area contributed by atoms with Gasteiger partial charge in [-0.25, -0.2) is 0 Å². The second kappa shape index (κ2) is 10.2. The van der Waals surface area contributed by atoms with E-state index in [0.717, 1.165) is 0 Å². The zero-order valence-corrected chi connectivity index (χ0v) is 28.3. The van der Waals surface area contributed by atoms with E-state index >= 15 is 0 Å². The monoisotopic (exact) mass is 660 g/mol. The van der Waals surface area contributed by atoms with E-state index in [-0.39, 0.29) is 11.5 Å². The van der Waals surface area contributed by atoms with Crippen LogP contribution in [0.2, 0.25) is 0 Å². The molecule has 2 aliphatic carbocycles. The number of para-hydroxylation sites is 3. The molecule has 0 amide bonds. The maximum Gasteiger partial charge on any atom is 0.0779 e. The molecule has 8 aromatic carbocycles. The number of aromatic nitrogens is 1. The molecule has 2 heteroatoms. The maximum atomic E-state index is 4.05. The van der Waals surface area contributed by atoms with Gasteiger partial charge < -0.3 is 9.88 Å². The fourth-order valence-electron chi connectivity index (χ4n) is 10.1. The SMILES string of the molecule is c1ccc2c(c1)NC(c1ccc(-n3c4ccccc4c4ccccc43)cc1)c1c-2ccc2c1-c1ccccc1C21c2ccccc2-c2ccccc21. The summed E-state index contributed by atoms with van der Waals surface area (Å²) in [4.78, 5) is 0. The number of hydrogen-bond donors (Lipinski definition) is 1. The van der Waals surface area contributed by atoms with Crippen LogP contribution in [0.1, 0.15) is 39.4 Å². The van der Waals surface area contributed by atoms with Crippen LogP contribution in [0.4, 0.5) is 5.69 Å². The molecule has 12 rings (SSSR count). The summed E-state index contributed by atoms with van der Waals surface area (Å²) >= 11 is 0. The summed E-state index contributed by atoms with van der Waals surface area (Å²) in [6.07, 6.45) is 0. The molecule has 9 aromatic rings. The fourth-order valence-corrected chi connectivity index (χ4v) is 10.1. The van der Waals surface area contributed by atoms with Crippen LogP contribution in [0, 0.1) is 0 Å². The third-order valence-electron chi connectivity index (χ3n) is 12.1. The Morgan fingerprint density at radius 3 is 1.58 bits per heavy atom. The quantitative estimate of drug-likeness (QED) is 0.195. The molecule has 1 atom stereocenters. The Morgan fingerprint density at radius 1 is 0.404 bits per heavy atom. The summed E-state index contributed by atoms with van der Waals surface area (Å²) in [5, 5.41) is 6.61. The van der Waals surface area contributed by atoms with Crippen molar-refractivity contribution in [3.8, 4) is 39.1 Å². The van der Waals surface area contributed by atoms with E-state index in [1.54, 1.807) is 0 Å². The molecule has 0 saturated heterocycles. The predicted octanol–water partition coefficient (Wildman–Crippen LogP) is 12.3. The van der Waals surface area contributed by atoms with Crippen LogP contribution in [0.3, 0.4) is 0 Å². The third kappa shape index (κ3) is 3.44. The van der Waals surface area contributed by atoms with Crippen LogP contribution in [0.25, 0.3) is 60.9 Å². The highest BCUT2D eigenvalue weighted by Gasteiger charge is 2.52. The summed E-state index contributed by atoms with van der Waals surface area (Å²) in [6.45, 7) is 0. The smallest absolute Gasteiger partial charge is 0.0779 e. The number of anilines is 1. The van der Waals surface area contributed by atoms with Crippen molar-refractivity contribution in [2.45, 2.75) is 11.5 Å². The van der Waals surface area contributed by atoms with Gasteiger partial charge in [0.25, 0.3) is 0 Å². The molecule has 0 radical (unpaired) electrons. The number of fused-ring (bicyclic) bond motifs is 17. The zero-order chi connectivity index (χ0) is 34.0. The minimum atomic E-state index is -0.379. The first-order chi connectivity index (χ1) is 25.8. The van der Waals surface area contributed by atoms with Gasteiger partial charge >= 0.3 is 0 Å². The average Bonchev–Trinajstić information content (AvgIpc) is 3.83. The van der Waals surface area contributed by atoms with Crippen molar-refractivity contribution in [3.05, 3.63) is 215 Å². The maximum absolute atomic E-state index is 4.05. The molecule has 52 heavy (non-hydrogen) atoms. The third-order valence-corrected chi connectivity index (χ3v) is 12.1. The molecule has 2 heterocycles. The van der Waals surface area contributed by atoms with Crippen molar-refractivity contribution in [2.24, 2.45) is 0 Å². The van der Waals surface area contributed by atoms with E-state index in [1.807, 2.05) is 0 Å². The van der Waals surface area contributed by atoms with Gasteiger partial charge in [0.15, 0.2) is 0 Å². The Hall–Kier alpha value is -6.64. The van der Waals surface area contributed by atoms with Gasteiger partial charge in [-0.3, -0.25) is 0 Å². The van der Waals surface area contributed by atoms with Crippen LogP contribution in [0.15, 0.2) is 182 Å². The first-order valence-corrected chi connectivity index (χ1v) is 18.2. The molecule has 1 spiro atoms. The first-order valence-electron chi connectivity index (χ1n) is 18.2. The van der Waals surface area contributed by atoms with Gasteiger partial charge in [0.2, 0.25) is 0 Å². The molecule has 1 N–H and O–H groups in total. The number of rotatable bonds is 2. The summed E-state index contributed by atoms with van der Waals surface area (Å²) < 4.78 is 2.40. The highest BCUT2D eigenvalue weighted by molar-refractivity contribution is 6.09. The lowest BCUT2D eigenvalue weighted by Crippen LogP contribution is -2.26. The van der Waals surface area contributed by atoms with E-state index in [0.29, 0.717) is 0 Å². The molecule has 242 valence electrons. The zero-order valence-electron chi connectivity index (χ0n) is 28.3. The Morgan fingerprint density at radius 2 is 0.923 bits per heavy atom. The van der Waals surface area contributed by atoms with Gasteiger partial charge in [-0.15, -0.1) is 0 Å². The van der Waals surface area contributed by atoms with E-state index in [1.165, 1.54) is 99.9 Å². The molecular formula is C50H32N2. The molecule has 2 nitrogen and oxygen atoms in total. The van der Waals surface area contributed by atoms with E-state index in [9.17, 15) is 0 Å². The minimum Gasteiger partial charge on any atom is -0.374 e. The fraction of sp³-hybridized carbons (Fsp3) is 0.0400. The van der Waals surface area contributed by atoms with E-state index < -0.39 is 0 Å². The van der Waals surface area contributed by atoms with Crippen molar-refractivity contribution in [3.63, 3.8) is 0 Å². The first kappa shape index (κ1) is 28.1. The molecule has 1 aliphatic heterocycles. The van der Waals surface area contributed by atoms with Gasteiger partial charge in [0, 0.05) is 27.7 Å². The van der Waals surface area contributed by atoms with Crippen molar-refractivity contribution in [1.82, 2.24) is 4.57 Å². The van der Waals surface area contributed by atoms with Crippen molar-refractivity contribution in [1.29, 1.82) is 0 Å². The van der Waals surface area contributed by atoms with Crippen molar-refractivity contribution in [2.75, 3.05) is 5.32 Å². The van der Waals surface area contributed by atoms with E-state index in [4.69, 9.17) is 0 Å². The van der Waals surface area contributed by atoms with Gasteiger partial charge in [-0.1, -0.05) is 152 Å². The lowest BCUT2D eigenvalue weighted by molar-refractivity contribution is 0.791. The highest BCUT2D eigenvalue weighted by atomic mass is 15.0. The molecule has 0 bridgehead atoms.